The molecule has 0 aliphatic carbocycles. The molecule has 0 amide bonds. The third-order valence-electron chi connectivity index (χ3n) is 5.34. The normalized spacial score (nSPS) is 11.7. The van der Waals surface area contributed by atoms with E-state index in [-0.39, 0.29) is 12.6 Å². The summed E-state index contributed by atoms with van der Waals surface area (Å²) in [6, 6.07) is 0. The second-order valence-corrected chi connectivity index (χ2v) is 9.84. The van der Waals surface area contributed by atoms with Crippen molar-refractivity contribution in [2.45, 2.75) is 129 Å². The summed E-state index contributed by atoms with van der Waals surface area (Å²) < 4.78 is 34.3. The van der Waals surface area contributed by atoms with Gasteiger partial charge in [0.05, 0.1) is 0 Å². The molecule has 0 aliphatic rings. The number of hydrogen-bond donors (Lipinski definition) is 1. The van der Waals surface area contributed by atoms with E-state index in [4.69, 9.17) is 9.29 Å². The Bertz CT molecular complexity index is 462. The summed E-state index contributed by atoms with van der Waals surface area (Å²) in [6.07, 6.45) is 23.8. The SMILES string of the molecule is CCCCCCCCCCCCCCCCCCCCC(=O)OCCS(=O)(=O)O. The van der Waals surface area contributed by atoms with Gasteiger partial charge in [0.25, 0.3) is 10.1 Å². The molecule has 0 atom stereocenters. The first-order valence-electron chi connectivity index (χ1n) is 12.1. The van der Waals surface area contributed by atoms with Crippen LogP contribution in [-0.2, 0) is 19.6 Å². The molecule has 0 unspecified atom stereocenters. The predicted octanol–water partition coefficient (Wildman–Crippen LogP) is 6.85. The summed E-state index contributed by atoms with van der Waals surface area (Å²) in [5.74, 6) is -0.914. The van der Waals surface area contributed by atoms with Crippen LogP contribution in [0.2, 0.25) is 0 Å². The van der Waals surface area contributed by atoms with Gasteiger partial charge < -0.3 is 4.74 Å². The van der Waals surface area contributed by atoms with Gasteiger partial charge in [-0.05, 0) is 6.42 Å². The summed E-state index contributed by atoms with van der Waals surface area (Å²) in [5, 5.41) is 0. The van der Waals surface area contributed by atoms with Crippen molar-refractivity contribution in [3.63, 3.8) is 0 Å². The highest BCUT2D eigenvalue weighted by molar-refractivity contribution is 7.85. The molecule has 1 N–H and O–H groups in total. The molecule has 0 heterocycles. The highest BCUT2D eigenvalue weighted by Gasteiger charge is 2.07. The zero-order chi connectivity index (χ0) is 21.6. The second kappa shape index (κ2) is 20.6. The third-order valence-corrected chi connectivity index (χ3v) is 6.02. The monoisotopic (exact) mass is 434 g/mol. The van der Waals surface area contributed by atoms with E-state index < -0.39 is 15.9 Å². The van der Waals surface area contributed by atoms with Crippen molar-refractivity contribution in [1.82, 2.24) is 0 Å². The van der Waals surface area contributed by atoms with Gasteiger partial charge in [0.1, 0.15) is 12.4 Å². The van der Waals surface area contributed by atoms with E-state index in [1.807, 2.05) is 0 Å². The second-order valence-electron chi connectivity index (χ2n) is 8.27. The van der Waals surface area contributed by atoms with Crippen molar-refractivity contribution >= 4 is 16.1 Å². The smallest absolute Gasteiger partial charge is 0.305 e. The molecule has 5 nitrogen and oxygen atoms in total. The Kier molecular flexibility index (Phi) is 20.2. The van der Waals surface area contributed by atoms with Gasteiger partial charge in [-0.25, -0.2) is 0 Å². The third kappa shape index (κ3) is 25.3. The predicted molar refractivity (Wildman–Crippen MR) is 121 cm³/mol. The van der Waals surface area contributed by atoms with Crippen molar-refractivity contribution in [3.05, 3.63) is 0 Å². The molecule has 0 radical (unpaired) electrons. The average molecular weight is 435 g/mol. The maximum Gasteiger partial charge on any atom is 0.305 e. The van der Waals surface area contributed by atoms with Gasteiger partial charge in [0.2, 0.25) is 0 Å². The van der Waals surface area contributed by atoms with Crippen molar-refractivity contribution in [3.8, 4) is 0 Å². The van der Waals surface area contributed by atoms with Gasteiger partial charge >= 0.3 is 5.97 Å². The first kappa shape index (κ1) is 28.4. The molecule has 0 spiro atoms. The van der Waals surface area contributed by atoms with Crippen LogP contribution in [0.1, 0.15) is 129 Å². The summed E-state index contributed by atoms with van der Waals surface area (Å²) in [5.41, 5.74) is 0. The van der Waals surface area contributed by atoms with Crippen molar-refractivity contribution in [1.29, 1.82) is 0 Å². The van der Waals surface area contributed by atoms with Crippen LogP contribution >= 0.6 is 0 Å². The Balaban J connectivity index is 3.16. The fourth-order valence-electron chi connectivity index (χ4n) is 3.50. The zero-order valence-electron chi connectivity index (χ0n) is 18.8. The fourth-order valence-corrected chi connectivity index (χ4v) is 3.80. The summed E-state index contributed by atoms with van der Waals surface area (Å²) in [7, 11) is -4.05. The molecule has 6 heteroatoms. The molecular weight excluding hydrogens is 388 g/mol. The molecule has 0 rings (SSSR count). The number of unbranched alkanes of at least 4 members (excludes halogenated alkanes) is 17. The van der Waals surface area contributed by atoms with Crippen LogP contribution in [0.25, 0.3) is 0 Å². The van der Waals surface area contributed by atoms with Gasteiger partial charge in [-0.1, -0.05) is 116 Å². The van der Waals surface area contributed by atoms with Gasteiger partial charge in [-0.2, -0.15) is 8.42 Å². The number of carbonyl (C=O) groups is 1. The lowest BCUT2D eigenvalue weighted by Gasteiger charge is -2.04. The van der Waals surface area contributed by atoms with Crippen LogP contribution in [0, 0.1) is 0 Å². The Hall–Kier alpha value is -0.620. The Morgan fingerprint density at radius 1 is 0.655 bits per heavy atom. The lowest BCUT2D eigenvalue weighted by molar-refractivity contribution is -0.143. The van der Waals surface area contributed by atoms with E-state index in [0.29, 0.717) is 6.42 Å². The largest absolute Gasteiger partial charge is 0.464 e. The van der Waals surface area contributed by atoms with Crippen molar-refractivity contribution in [2.24, 2.45) is 0 Å². The summed E-state index contributed by atoms with van der Waals surface area (Å²) in [6.45, 7) is 2.00. The molecule has 0 fully saturated rings. The van der Waals surface area contributed by atoms with Crippen LogP contribution in [0.3, 0.4) is 0 Å². The fraction of sp³-hybridized carbons (Fsp3) is 0.957. The average Bonchev–Trinajstić information content (AvgIpc) is 2.66. The van der Waals surface area contributed by atoms with Gasteiger partial charge in [-0.15, -0.1) is 0 Å². The topological polar surface area (TPSA) is 80.7 Å². The molecule has 0 aliphatic heterocycles. The quantitative estimate of drug-likeness (QED) is 0.114. The van der Waals surface area contributed by atoms with E-state index in [0.717, 1.165) is 19.3 Å². The maximum atomic E-state index is 11.4. The minimum atomic E-state index is -4.05. The lowest BCUT2D eigenvalue weighted by Crippen LogP contribution is -2.14. The van der Waals surface area contributed by atoms with Gasteiger partial charge in [-0.3, -0.25) is 9.35 Å². The Labute approximate surface area is 180 Å². The summed E-state index contributed by atoms with van der Waals surface area (Å²) in [4.78, 5) is 11.4. The molecule has 0 bridgehead atoms. The first-order valence-corrected chi connectivity index (χ1v) is 13.7. The number of esters is 1. The Morgan fingerprint density at radius 2 is 1.00 bits per heavy atom. The molecular formula is C23H46O5S. The number of hydrogen-bond acceptors (Lipinski definition) is 4. The molecule has 0 saturated carbocycles. The van der Waals surface area contributed by atoms with Crippen LogP contribution in [0.4, 0.5) is 0 Å². The molecule has 0 aromatic carbocycles. The molecule has 0 aromatic heterocycles. The van der Waals surface area contributed by atoms with Crippen molar-refractivity contribution in [2.75, 3.05) is 12.4 Å². The minimum Gasteiger partial charge on any atom is -0.464 e. The molecule has 0 aromatic rings. The van der Waals surface area contributed by atoms with Crippen LogP contribution in [-0.4, -0.2) is 31.3 Å². The van der Waals surface area contributed by atoms with Gasteiger partial charge in [0.15, 0.2) is 0 Å². The van der Waals surface area contributed by atoms with E-state index >= 15 is 0 Å². The molecule has 0 saturated heterocycles. The number of ether oxygens (including phenoxy) is 1. The number of carbonyl (C=O) groups excluding carboxylic acids is 1. The summed E-state index contributed by atoms with van der Waals surface area (Å²) >= 11 is 0. The zero-order valence-corrected chi connectivity index (χ0v) is 19.7. The van der Waals surface area contributed by atoms with Crippen molar-refractivity contribution < 1.29 is 22.5 Å². The minimum absolute atomic E-state index is 0.267. The maximum absolute atomic E-state index is 11.4. The van der Waals surface area contributed by atoms with E-state index in [2.05, 4.69) is 6.92 Å². The highest BCUT2D eigenvalue weighted by atomic mass is 32.2. The van der Waals surface area contributed by atoms with Crippen LogP contribution < -0.4 is 0 Å². The number of rotatable bonds is 22. The molecule has 174 valence electrons. The highest BCUT2D eigenvalue weighted by Crippen LogP contribution is 2.14. The van der Waals surface area contributed by atoms with E-state index in [9.17, 15) is 13.2 Å². The van der Waals surface area contributed by atoms with Gasteiger partial charge in [0, 0.05) is 6.42 Å². The van der Waals surface area contributed by atoms with Crippen LogP contribution in [0.15, 0.2) is 0 Å². The van der Waals surface area contributed by atoms with E-state index in [1.165, 1.54) is 96.3 Å². The lowest BCUT2D eigenvalue weighted by atomic mass is 10.0. The molecule has 29 heavy (non-hydrogen) atoms. The Morgan fingerprint density at radius 3 is 1.34 bits per heavy atom. The first-order chi connectivity index (χ1) is 14.0. The van der Waals surface area contributed by atoms with Crippen LogP contribution in [0.5, 0.6) is 0 Å². The standard InChI is InChI=1S/C23H46O5S/c1-2-3-4-5-6-7-8-9-10-11-12-13-14-15-16-17-18-19-20-23(24)28-21-22-29(25,26)27/h2-22H2,1H3,(H,25,26,27). The van der Waals surface area contributed by atoms with E-state index in [1.54, 1.807) is 0 Å².